The average Bonchev–Trinajstić information content (AvgIpc) is 2.85. The first kappa shape index (κ1) is 16.8. The van der Waals surface area contributed by atoms with E-state index in [9.17, 15) is 4.39 Å². The Kier molecular flexibility index (Phi) is 4.47. The fourth-order valence-corrected chi connectivity index (χ4v) is 3.44. The topological polar surface area (TPSA) is 30.3 Å². The molecule has 0 saturated carbocycles. The van der Waals surface area contributed by atoms with Gasteiger partial charge in [0.2, 0.25) is 0 Å². The fourth-order valence-electron chi connectivity index (χ4n) is 3.44. The van der Waals surface area contributed by atoms with E-state index in [2.05, 4.69) is 23.0 Å². The first-order valence-corrected chi connectivity index (χ1v) is 8.80. The molecule has 0 N–H and O–H groups in total. The Hall–Kier alpha value is -2.66. The first-order valence-electron chi connectivity index (χ1n) is 8.80. The molecular formula is C21H22FN3O. The number of rotatable bonds is 3. The standard InChI is InChI=1S/C21H22FN3O/c1-15-17(11-23-24(15)2)13-25-12-16-7-3-6-10-20(16)26-21(14-25)18-8-4-5-9-19(18)22/h3-11,21H,12-14H2,1-2H3/t21-/m1/s1. The Morgan fingerprint density at radius 2 is 1.92 bits per heavy atom. The van der Waals surface area contributed by atoms with Crippen molar-refractivity contribution in [3.05, 3.63) is 82.9 Å². The maximum Gasteiger partial charge on any atom is 0.139 e. The Morgan fingerprint density at radius 1 is 1.15 bits per heavy atom. The molecule has 0 spiro atoms. The molecule has 2 heterocycles. The molecule has 0 unspecified atom stereocenters. The van der Waals surface area contributed by atoms with Crippen molar-refractivity contribution < 1.29 is 9.13 Å². The number of fused-ring (bicyclic) bond motifs is 1. The minimum atomic E-state index is -0.350. The Bertz CT molecular complexity index is 921. The van der Waals surface area contributed by atoms with Gasteiger partial charge in [-0.05, 0) is 19.1 Å². The van der Waals surface area contributed by atoms with E-state index in [0.717, 1.165) is 30.1 Å². The zero-order chi connectivity index (χ0) is 18.1. The third-order valence-electron chi connectivity index (χ3n) is 5.04. The molecule has 2 aromatic carbocycles. The number of hydrogen-bond acceptors (Lipinski definition) is 3. The van der Waals surface area contributed by atoms with Crippen molar-refractivity contribution in [1.29, 1.82) is 0 Å². The second-order valence-electron chi connectivity index (χ2n) is 6.78. The second kappa shape index (κ2) is 6.92. The first-order chi connectivity index (χ1) is 12.6. The van der Waals surface area contributed by atoms with Gasteiger partial charge in [-0.3, -0.25) is 9.58 Å². The van der Waals surface area contributed by atoms with Gasteiger partial charge in [0.25, 0.3) is 0 Å². The van der Waals surface area contributed by atoms with Crippen LogP contribution in [0.4, 0.5) is 4.39 Å². The molecule has 0 amide bonds. The molecule has 0 fully saturated rings. The third-order valence-corrected chi connectivity index (χ3v) is 5.04. The molecule has 0 aliphatic carbocycles. The van der Waals surface area contributed by atoms with Crippen LogP contribution in [0.15, 0.2) is 54.7 Å². The van der Waals surface area contributed by atoms with E-state index < -0.39 is 0 Å². The van der Waals surface area contributed by atoms with Crippen LogP contribution in [0.1, 0.15) is 28.5 Å². The molecule has 26 heavy (non-hydrogen) atoms. The lowest BCUT2D eigenvalue weighted by molar-refractivity contribution is 0.140. The molecule has 0 bridgehead atoms. The number of para-hydroxylation sites is 1. The van der Waals surface area contributed by atoms with Crippen molar-refractivity contribution >= 4 is 0 Å². The molecule has 1 aromatic heterocycles. The van der Waals surface area contributed by atoms with Crippen LogP contribution in [0.2, 0.25) is 0 Å². The van der Waals surface area contributed by atoms with Crippen LogP contribution in [-0.4, -0.2) is 21.2 Å². The predicted molar refractivity (Wildman–Crippen MR) is 98.3 cm³/mol. The van der Waals surface area contributed by atoms with E-state index in [-0.39, 0.29) is 11.9 Å². The summed E-state index contributed by atoms with van der Waals surface area (Å²) in [5, 5.41) is 4.34. The van der Waals surface area contributed by atoms with Crippen molar-refractivity contribution in [3.8, 4) is 5.75 Å². The van der Waals surface area contributed by atoms with Gasteiger partial charge in [-0.2, -0.15) is 5.10 Å². The van der Waals surface area contributed by atoms with Crippen LogP contribution in [-0.2, 0) is 20.1 Å². The smallest absolute Gasteiger partial charge is 0.139 e. The highest BCUT2D eigenvalue weighted by molar-refractivity contribution is 5.35. The van der Waals surface area contributed by atoms with Gasteiger partial charge < -0.3 is 4.74 Å². The highest BCUT2D eigenvalue weighted by Crippen LogP contribution is 2.32. The molecule has 4 nitrogen and oxygen atoms in total. The number of aromatic nitrogens is 2. The van der Waals surface area contributed by atoms with Crippen molar-refractivity contribution in [1.82, 2.24) is 14.7 Å². The lowest BCUT2D eigenvalue weighted by atomic mass is 10.1. The quantitative estimate of drug-likeness (QED) is 0.714. The Labute approximate surface area is 152 Å². The molecule has 1 aliphatic heterocycles. The highest BCUT2D eigenvalue weighted by Gasteiger charge is 2.26. The summed E-state index contributed by atoms with van der Waals surface area (Å²) in [5.41, 5.74) is 4.04. The zero-order valence-electron chi connectivity index (χ0n) is 15.0. The van der Waals surface area contributed by atoms with Crippen molar-refractivity contribution in [2.75, 3.05) is 6.54 Å². The van der Waals surface area contributed by atoms with E-state index in [0.29, 0.717) is 12.1 Å². The van der Waals surface area contributed by atoms with Gasteiger partial charge in [0.05, 0.1) is 6.20 Å². The summed E-state index contributed by atoms with van der Waals surface area (Å²) in [5.74, 6) is 0.598. The lowest BCUT2D eigenvalue weighted by Gasteiger charge is -2.24. The fraction of sp³-hybridized carbons (Fsp3) is 0.286. The summed E-state index contributed by atoms with van der Waals surface area (Å²) in [4.78, 5) is 2.30. The van der Waals surface area contributed by atoms with Crippen molar-refractivity contribution in [3.63, 3.8) is 0 Å². The highest BCUT2D eigenvalue weighted by atomic mass is 19.1. The van der Waals surface area contributed by atoms with Gasteiger partial charge in [0.15, 0.2) is 0 Å². The van der Waals surface area contributed by atoms with Crippen molar-refractivity contribution in [2.45, 2.75) is 26.1 Å². The molecule has 3 aromatic rings. The van der Waals surface area contributed by atoms with Crippen LogP contribution >= 0.6 is 0 Å². The average molecular weight is 351 g/mol. The summed E-state index contributed by atoms with van der Waals surface area (Å²) in [7, 11) is 1.95. The van der Waals surface area contributed by atoms with Gasteiger partial charge in [0.1, 0.15) is 17.7 Å². The maximum absolute atomic E-state index is 14.4. The largest absolute Gasteiger partial charge is 0.484 e. The normalized spacial score (nSPS) is 17.4. The molecule has 0 saturated heterocycles. The van der Waals surface area contributed by atoms with Crippen LogP contribution in [0.3, 0.4) is 0 Å². The maximum atomic E-state index is 14.4. The van der Waals surface area contributed by atoms with Gasteiger partial charge in [-0.25, -0.2) is 4.39 Å². The van der Waals surface area contributed by atoms with Crippen molar-refractivity contribution in [2.24, 2.45) is 7.05 Å². The zero-order valence-corrected chi connectivity index (χ0v) is 15.0. The minimum absolute atomic E-state index is 0.227. The van der Waals surface area contributed by atoms with Gasteiger partial charge >= 0.3 is 0 Å². The summed E-state index contributed by atoms with van der Waals surface area (Å²) >= 11 is 0. The van der Waals surface area contributed by atoms with E-state index in [1.807, 2.05) is 42.2 Å². The number of hydrogen-bond donors (Lipinski definition) is 0. The second-order valence-corrected chi connectivity index (χ2v) is 6.78. The molecular weight excluding hydrogens is 329 g/mol. The summed E-state index contributed by atoms with van der Waals surface area (Å²) in [6.07, 6.45) is 1.56. The number of aryl methyl sites for hydroxylation is 1. The third kappa shape index (κ3) is 3.22. The molecule has 0 radical (unpaired) electrons. The van der Waals surface area contributed by atoms with E-state index >= 15 is 0 Å². The Balaban J connectivity index is 1.68. The van der Waals surface area contributed by atoms with E-state index in [4.69, 9.17) is 4.74 Å². The Morgan fingerprint density at radius 3 is 2.69 bits per heavy atom. The van der Waals surface area contributed by atoms with Gasteiger partial charge in [-0.1, -0.05) is 36.4 Å². The summed E-state index contributed by atoms with van der Waals surface area (Å²) < 4.78 is 22.5. The molecule has 4 rings (SSSR count). The van der Waals surface area contributed by atoms with Crippen LogP contribution in [0.25, 0.3) is 0 Å². The number of ether oxygens (including phenoxy) is 1. The predicted octanol–water partition coefficient (Wildman–Crippen LogP) is 4.00. The number of halogens is 1. The number of nitrogens with zero attached hydrogens (tertiary/aromatic N) is 3. The monoisotopic (exact) mass is 351 g/mol. The van der Waals surface area contributed by atoms with E-state index in [1.54, 1.807) is 12.1 Å². The molecule has 134 valence electrons. The molecule has 1 atom stereocenters. The molecule has 5 heteroatoms. The number of benzene rings is 2. The lowest BCUT2D eigenvalue weighted by Crippen LogP contribution is -2.28. The van der Waals surface area contributed by atoms with Crippen LogP contribution < -0.4 is 4.74 Å². The van der Waals surface area contributed by atoms with Gasteiger partial charge in [-0.15, -0.1) is 0 Å². The SMILES string of the molecule is Cc1c(CN2Cc3ccccc3O[C@@H](c3ccccc3F)C2)cnn1C. The van der Waals surface area contributed by atoms with Crippen LogP contribution in [0.5, 0.6) is 5.75 Å². The van der Waals surface area contributed by atoms with E-state index in [1.165, 1.54) is 11.6 Å². The van der Waals surface area contributed by atoms with Gasteiger partial charge in [0, 0.05) is 49.1 Å². The van der Waals surface area contributed by atoms with Crippen LogP contribution in [0, 0.1) is 12.7 Å². The summed E-state index contributed by atoms with van der Waals surface area (Å²) in [6.45, 7) is 4.20. The molecule has 1 aliphatic rings. The minimum Gasteiger partial charge on any atom is -0.484 e. The summed E-state index contributed by atoms with van der Waals surface area (Å²) in [6, 6.07) is 14.9.